The first-order valence-corrected chi connectivity index (χ1v) is 11.4. The Morgan fingerprint density at radius 1 is 0.971 bits per heavy atom. The molecule has 0 spiro atoms. The number of benzene rings is 2. The van der Waals surface area contributed by atoms with E-state index in [0.717, 1.165) is 21.6 Å². The van der Waals surface area contributed by atoms with Crippen molar-refractivity contribution in [2.24, 2.45) is 11.8 Å². The van der Waals surface area contributed by atoms with Crippen molar-refractivity contribution in [2.75, 3.05) is 11.9 Å². The van der Waals surface area contributed by atoms with E-state index in [1.54, 1.807) is 0 Å². The third kappa shape index (κ3) is 5.09. The van der Waals surface area contributed by atoms with Gasteiger partial charge in [-0.3, -0.25) is 19.3 Å². The molecule has 3 amide bonds. The van der Waals surface area contributed by atoms with Crippen LogP contribution in [0.3, 0.4) is 0 Å². The maximum absolute atomic E-state index is 13.1. The Morgan fingerprint density at radius 2 is 1.56 bits per heavy atom. The van der Waals surface area contributed by atoms with Gasteiger partial charge >= 0.3 is 5.97 Å². The van der Waals surface area contributed by atoms with E-state index in [0.29, 0.717) is 18.5 Å². The molecule has 1 aliphatic heterocycles. The number of esters is 1. The number of ether oxygens (including phenoxy) is 1. The Labute approximate surface area is 198 Å². The van der Waals surface area contributed by atoms with Crippen LogP contribution in [-0.2, 0) is 30.3 Å². The van der Waals surface area contributed by atoms with Crippen LogP contribution in [0.15, 0.2) is 60.7 Å². The fourth-order valence-electron chi connectivity index (χ4n) is 4.73. The number of carbonyl (C=O) groups is 4. The Morgan fingerprint density at radius 3 is 2.15 bits per heavy atom. The highest BCUT2D eigenvalue weighted by Crippen LogP contribution is 2.36. The summed E-state index contributed by atoms with van der Waals surface area (Å²) in [5.74, 6) is -2.86. The Balaban J connectivity index is 1.48. The monoisotopic (exact) mass is 460 g/mol. The summed E-state index contributed by atoms with van der Waals surface area (Å²) in [7, 11) is 0. The second-order valence-corrected chi connectivity index (χ2v) is 8.94. The van der Waals surface area contributed by atoms with Crippen molar-refractivity contribution in [2.45, 2.75) is 39.2 Å². The van der Waals surface area contributed by atoms with Gasteiger partial charge in [0.15, 0.2) is 6.61 Å². The van der Waals surface area contributed by atoms with Crippen LogP contribution in [0, 0.1) is 25.7 Å². The number of allylic oxidation sites excluding steroid dienone is 2. The predicted octanol–water partition coefficient (Wildman–Crippen LogP) is 3.35. The fraction of sp³-hybridized carbons (Fsp3) is 0.333. The summed E-state index contributed by atoms with van der Waals surface area (Å²) >= 11 is 0. The van der Waals surface area contributed by atoms with Crippen LogP contribution in [0.4, 0.5) is 5.69 Å². The lowest BCUT2D eigenvalue weighted by Crippen LogP contribution is -2.48. The molecule has 0 bridgehead atoms. The smallest absolute Gasteiger partial charge is 0.330 e. The topological polar surface area (TPSA) is 92.8 Å². The van der Waals surface area contributed by atoms with E-state index in [9.17, 15) is 19.2 Å². The maximum Gasteiger partial charge on any atom is 0.330 e. The van der Waals surface area contributed by atoms with E-state index in [2.05, 4.69) is 5.32 Å². The molecule has 1 saturated heterocycles. The molecule has 7 nitrogen and oxygen atoms in total. The number of hydrogen-bond acceptors (Lipinski definition) is 5. The second-order valence-electron chi connectivity index (χ2n) is 8.94. The number of likely N-dealkylation sites (tertiary alicyclic amines) is 1. The van der Waals surface area contributed by atoms with Crippen LogP contribution in [-0.4, -0.2) is 41.2 Å². The molecule has 0 unspecified atom stereocenters. The molecule has 34 heavy (non-hydrogen) atoms. The van der Waals surface area contributed by atoms with Gasteiger partial charge in [-0.15, -0.1) is 0 Å². The minimum Gasteiger partial charge on any atom is -0.454 e. The van der Waals surface area contributed by atoms with Gasteiger partial charge in [-0.05, 0) is 55.5 Å². The zero-order chi connectivity index (χ0) is 24.2. The average Bonchev–Trinajstić information content (AvgIpc) is 3.06. The summed E-state index contributed by atoms with van der Waals surface area (Å²) in [4.78, 5) is 52.9. The molecule has 1 aliphatic carbocycles. The predicted molar refractivity (Wildman–Crippen MR) is 127 cm³/mol. The van der Waals surface area contributed by atoms with Crippen LogP contribution in [0.5, 0.6) is 0 Å². The number of carbonyl (C=O) groups excluding carboxylic acids is 4. The van der Waals surface area contributed by atoms with E-state index in [-0.39, 0.29) is 18.2 Å². The van der Waals surface area contributed by atoms with Crippen molar-refractivity contribution in [3.05, 3.63) is 77.4 Å². The van der Waals surface area contributed by atoms with Crippen molar-refractivity contribution >= 4 is 29.4 Å². The van der Waals surface area contributed by atoms with Gasteiger partial charge in [-0.25, -0.2) is 4.79 Å². The number of fused-ring (bicyclic) bond motifs is 1. The lowest BCUT2D eigenvalue weighted by atomic mass is 9.85. The third-order valence-corrected chi connectivity index (χ3v) is 6.25. The van der Waals surface area contributed by atoms with Gasteiger partial charge in [0.25, 0.3) is 5.91 Å². The van der Waals surface area contributed by atoms with Crippen LogP contribution in [0.2, 0.25) is 0 Å². The zero-order valence-corrected chi connectivity index (χ0v) is 19.3. The van der Waals surface area contributed by atoms with E-state index < -0.39 is 36.4 Å². The quantitative estimate of drug-likeness (QED) is 0.389. The summed E-state index contributed by atoms with van der Waals surface area (Å²) < 4.78 is 5.32. The molecule has 0 saturated carbocycles. The summed E-state index contributed by atoms with van der Waals surface area (Å²) in [6, 6.07) is 13.7. The zero-order valence-electron chi connectivity index (χ0n) is 19.3. The van der Waals surface area contributed by atoms with Crippen LogP contribution >= 0.6 is 0 Å². The van der Waals surface area contributed by atoms with Gasteiger partial charge < -0.3 is 10.1 Å². The van der Waals surface area contributed by atoms with Gasteiger partial charge in [0.2, 0.25) is 11.8 Å². The van der Waals surface area contributed by atoms with Crippen molar-refractivity contribution in [3.63, 3.8) is 0 Å². The molecule has 0 radical (unpaired) electrons. The van der Waals surface area contributed by atoms with Gasteiger partial charge in [0.1, 0.15) is 6.04 Å². The van der Waals surface area contributed by atoms with Crippen molar-refractivity contribution < 1.29 is 23.9 Å². The minimum atomic E-state index is -1.12. The number of amides is 3. The van der Waals surface area contributed by atoms with Crippen LogP contribution in [0.25, 0.3) is 0 Å². The van der Waals surface area contributed by atoms with Crippen LogP contribution in [0.1, 0.15) is 29.5 Å². The second kappa shape index (κ2) is 10.0. The molecule has 176 valence electrons. The highest BCUT2D eigenvalue weighted by Gasteiger charge is 2.51. The van der Waals surface area contributed by atoms with Gasteiger partial charge in [-0.1, -0.05) is 48.6 Å². The lowest BCUT2D eigenvalue weighted by molar-refractivity contribution is -0.159. The first kappa shape index (κ1) is 23.4. The normalized spacial score (nSPS) is 20.1. The summed E-state index contributed by atoms with van der Waals surface area (Å²) in [5.41, 5.74) is 3.40. The maximum atomic E-state index is 13.1. The van der Waals surface area contributed by atoms with Gasteiger partial charge in [-0.2, -0.15) is 0 Å². The Kier molecular flexibility index (Phi) is 6.91. The van der Waals surface area contributed by atoms with E-state index in [1.807, 2.05) is 74.5 Å². The number of aryl methyl sites for hydroxylation is 2. The molecule has 2 aliphatic rings. The highest BCUT2D eigenvalue weighted by atomic mass is 16.5. The van der Waals surface area contributed by atoms with Crippen molar-refractivity contribution in [1.82, 2.24) is 4.90 Å². The van der Waals surface area contributed by atoms with Gasteiger partial charge in [0.05, 0.1) is 11.8 Å². The number of nitrogens with one attached hydrogen (secondary N) is 1. The molecular weight excluding hydrogens is 432 g/mol. The summed E-state index contributed by atoms with van der Waals surface area (Å²) in [6.45, 7) is 3.34. The number of rotatable bonds is 7. The molecule has 1 heterocycles. The van der Waals surface area contributed by atoms with E-state index >= 15 is 0 Å². The number of anilines is 1. The van der Waals surface area contributed by atoms with Crippen molar-refractivity contribution in [3.8, 4) is 0 Å². The molecule has 7 heteroatoms. The molecule has 1 fully saturated rings. The Bertz CT molecular complexity index is 1090. The molecule has 2 aromatic rings. The van der Waals surface area contributed by atoms with Crippen LogP contribution < -0.4 is 5.32 Å². The van der Waals surface area contributed by atoms with Gasteiger partial charge in [0, 0.05) is 12.1 Å². The molecule has 3 atom stereocenters. The number of hydrogen-bond donors (Lipinski definition) is 1. The number of imide groups is 1. The molecule has 2 aromatic carbocycles. The largest absolute Gasteiger partial charge is 0.454 e. The third-order valence-electron chi connectivity index (χ3n) is 6.25. The lowest BCUT2D eigenvalue weighted by Gasteiger charge is -2.25. The van der Waals surface area contributed by atoms with E-state index in [4.69, 9.17) is 4.74 Å². The Hall–Kier alpha value is -3.74. The van der Waals surface area contributed by atoms with E-state index in [1.165, 1.54) is 0 Å². The highest BCUT2D eigenvalue weighted by molar-refractivity contribution is 6.08. The SMILES string of the molecule is Cc1cc(C)cc(NC(=O)COC(=O)[C@H](Cc2ccccc2)N2C(=O)[C@H]3CC=CC[C@H]3C2=O)c1. The number of nitrogens with zero attached hydrogens (tertiary/aromatic N) is 1. The summed E-state index contributed by atoms with van der Waals surface area (Å²) in [6.07, 6.45) is 4.90. The fourth-order valence-corrected chi connectivity index (χ4v) is 4.73. The standard InChI is InChI=1S/C27H28N2O5/c1-17-12-18(2)14-20(13-17)28-24(30)16-34-27(33)23(15-19-8-4-3-5-9-19)29-25(31)21-10-6-7-11-22(21)26(29)32/h3-9,12-14,21-23H,10-11,15-16H2,1-2H3,(H,28,30)/t21-,22+,23-/m0/s1. The molecule has 4 rings (SSSR count). The summed E-state index contributed by atoms with van der Waals surface area (Å²) in [5, 5.41) is 2.72. The minimum absolute atomic E-state index is 0.128. The first-order chi connectivity index (χ1) is 16.3. The first-order valence-electron chi connectivity index (χ1n) is 11.4. The average molecular weight is 461 g/mol. The molecular formula is C27H28N2O5. The molecule has 1 N–H and O–H groups in total. The van der Waals surface area contributed by atoms with Crippen molar-refractivity contribution in [1.29, 1.82) is 0 Å². The molecule has 0 aromatic heterocycles.